The van der Waals surface area contributed by atoms with Gasteiger partial charge in [-0.25, -0.2) is 28.5 Å². The molecule has 1 amide bonds. The van der Waals surface area contributed by atoms with Crippen molar-refractivity contribution in [2.75, 3.05) is 50.0 Å². The molecular weight excluding hydrogens is 873 g/mol. The number of benzene rings is 2. The maximum Gasteiger partial charge on any atom is 0.411 e. The molecule has 0 unspecified atom stereocenters. The van der Waals surface area contributed by atoms with Gasteiger partial charge in [0.25, 0.3) is 5.91 Å². The molecule has 5 aromatic rings. The van der Waals surface area contributed by atoms with Gasteiger partial charge in [-0.05, 0) is 63.9 Å². The summed E-state index contributed by atoms with van der Waals surface area (Å²) in [6, 6.07) is 7.16. The molecule has 16 nitrogen and oxygen atoms in total. The van der Waals surface area contributed by atoms with Gasteiger partial charge in [0.05, 0.1) is 39.5 Å². The highest BCUT2D eigenvalue weighted by molar-refractivity contribution is 7.90. The number of piperidine rings is 1. The van der Waals surface area contributed by atoms with E-state index in [1.165, 1.54) is 61.9 Å². The summed E-state index contributed by atoms with van der Waals surface area (Å²) in [6.45, 7) is 7.39. The van der Waals surface area contributed by atoms with E-state index in [0.29, 0.717) is 43.0 Å². The van der Waals surface area contributed by atoms with Crippen LogP contribution in [-0.2, 0) is 24.5 Å². The zero-order valence-corrected chi connectivity index (χ0v) is 36.7. The largest absolute Gasteiger partial charge is 0.468 e. The van der Waals surface area contributed by atoms with Crippen molar-refractivity contribution < 1.29 is 45.9 Å². The summed E-state index contributed by atoms with van der Waals surface area (Å²) in [5.41, 5.74) is -2.33. The van der Waals surface area contributed by atoms with E-state index in [2.05, 4.69) is 15.0 Å². The molecule has 0 radical (unpaired) electrons. The van der Waals surface area contributed by atoms with Crippen molar-refractivity contribution >= 4 is 79.8 Å². The van der Waals surface area contributed by atoms with Crippen molar-refractivity contribution in [2.45, 2.75) is 52.2 Å². The van der Waals surface area contributed by atoms with E-state index in [1.54, 1.807) is 27.7 Å². The normalized spacial score (nSPS) is 13.6. The molecule has 6 rings (SSSR count). The first-order chi connectivity index (χ1) is 29.2. The number of aromatic nitrogens is 4. The predicted octanol–water partition coefficient (Wildman–Crippen LogP) is 6.99. The van der Waals surface area contributed by atoms with Gasteiger partial charge in [0, 0.05) is 74.0 Å². The molecular formula is C41H42Cl2F2N8O8S. The lowest BCUT2D eigenvalue weighted by molar-refractivity contribution is -0.142. The number of carbonyl (C=O) groups excluding carboxylic acids is 4. The zero-order valence-electron chi connectivity index (χ0n) is 34.4. The summed E-state index contributed by atoms with van der Waals surface area (Å²) in [7, 11) is -1.78. The van der Waals surface area contributed by atoms with Gasteiger partial charge < -0.3 is 14.4 Å². The van der Waals surface area contributed by atoms with Crippen LogP contribution < -0.4 is 9.62 Å². The summed E-state index contributed by atoms with van der Waals surface area (Å²) in [5.74, 6) is -5.01. The van der Waals surface area contributed by atoms with Gasteiger partial charge >= 0.3 is 22.3 Å². The maximum absolute atomic E-state index is 16.1. The van der Waals surface area contributed by atoms with Crippen molar-refractivity contribution in [3.63, 3.8) is 0 Å². The van der Waals surface area contributed by atoms with Crippen LogP contribution in [0.4, 0.5) is 25.2 Å². The van der Waals surface area contributed by atoms with Gasteiger partial charge in [0.1, 0.15) is 23.6 Å². The van der Waals surface area contributed by atoms with Crippen LogP contribution in [0.15, 0.2) is 61.2 Å². The smallest absolute Gasteiger partial charge is 0.411 e. The number of esters is 1. The second-order valence-electron chi connectivity index (χ2n) is 15.2. The molecule has 1 saturated heterocycles. The Morgan fingerprint density at radius 1 is 0.952 bits per heavy atom. The zero-order chi connectivity index (χ0) is 45.3. The third kappa shape index (κ3) is 9.65. The Morgan fingerprint density at radius 2 is 1.58 bits per heavy atom. The Hall–Kier alpha value is -5.76. The molecule has 1 N–H and O–H groups in total. The third-order valence-electron chi connectivity index (χ3n) is 10.0. The Kier molecular flexibility index (Phi) is 13.5. The Balaban J connectivity index is 1.34. The van der Waals surface area contributed by atoms with Crippen molar-refractivity contribution in [3.05, 3.63) is 99.6 Å². The fourth-order valence-corrected chi connectivity index (χ4v) is 8.15. The molecule has 1 aliphatic rings. The van der Waals surface area contributed by atoms with Crippen molar-refractivity contribution in [2.24, 2.45) is 0 Å². The fourth-order valence-electron chi connectivity index (χ4n) is 6.66. The molecule has 4 heterocycles. The van der Waals surface area contributed by atoms with E-state index in [1.807, 2.05) is 9.62 Å². The third-order valence-corrected chi connectivity index (χ3v) is 12.2. The highest BCUT2D eigenvalue weighted by atomic mass is 35.5. The standard InChI is InChI=1S/C41H42Cl2F2N8O8S/c1-7-50(5)62(58,59)49-31-12-11-30(44)34(35(31)45)36(55)27-21-53(38(56)33-28(42)9-8-10-29(33)43)37-26(27)17-23(18-46-37)24-19-47-39(48-20-24)51-15-13-25(14-16-51)52(22-32(54)60-6)40(57)61-41(2,3)4/h8-12,17-21,25,49H,7,13-16,22H2,1-6H3. The minimum absolute atomic E-state index is 0.00725. The van der Waals surface area contributed by atoms with E-state index < -0.39 is 62.4 Å². The Morgan fingerprint density at radius 3 is 2.18 bits per heavy atom. The van der Waals surface area contributed by atoms with Crippen molar-refractivity contribution in [3.8, 4) is 11.1 Å². The highest BCUT2D eigenvalue weighted by Gasteiger charge is 2.34. The van der Waals surface area contributed by atoms with Gasteiger partial charge in [-0.2, -0.15) is 12.7 Å². The van der Waals surface area contributed by atoms with Gasteiger partial charge in [0.2, 0.25) is 11.7 Å². The van der Waals surface area contributed by atoms with E-state index >= 15 is 8.78 Å². The lowest BCUT2D eigenvalue weighted by Gasteiger charge is -2.38. The number of nitrogens with zero attached hydrogens (tertiary/aromatic N) is 7. The lowest BCUT2D eigenvalue weighted by Crippen LogP contribution is -2.51. The summed E-state index contributed by atoms with van der Waals surface area (Å²) in [4.78, 5) is 70.3. The summed E-state index contributed by atoms with van der Waals surface area (Å²) in [5, 5.41) is -0.0239. The lowest BCUT2D eigenvalue weighted by atomic mass is 10.0. The number of halogens is 4. The van der Waals surface area contributed by atoms with E-state index in [4.69, 9.17) is 32.7 Å². The molecule has 1 aliphatic heterocycles. The first kappa shape index (κ1) is 45.8. The van der Waals surface area contributed by atoms with E-state index in [-0.39, 0.29) is 51.3 Å². The number of anilines is 2. The van der Waals surface area contributed by atoms with Crippen LogP contribution in [0, 0.1) is 11.6 Å². The molecule has 0 spiro atoms. The number of pyridine rings is 1. The minimum atomic E-state index is -4.28. The molecule has 1 fully saturated rings. The number of carbonyl (C=O) groups is 4. The number of hydrogen-bond donors (Lipinski definition) is 1. The minimum Gasteiger partial charge on any atom is -0.468 e. The average Bonchev–Trinajstić information content (AvgIpc) is 3.62. The molecule has 2 aromatic carbocycles. The second kappa shape index (κ2) is 18.3. The Labute approximate surface area is 365 Å². The number of methoxy groups -OCH3 is 1. The predicted molar refractivity (Wildman–Crippen MR) is 228 cm³/mol. The molecule has 0 atom stereocenters. The van der Waals surface area contributed by atoms with Crippen LogP contribution in [0.3, 0.4) is 0 Å². The van der Waals surface area contributed by atoms with Gasteiger partial charge in [0.15, 0.2) is 5.82 Å². The number of rotatable bonds is 12. The van der Waals surface area contributed by atoms with Crippen LogP contribution in [0.5, 0.6) is 0 Å². The number of hydrogen-bond acceptors (Lipinski definition) is 12. The first-order valence-corrected chi connectivity index (χ1v) is 21.3. The number of fused-ring (bicyclic) bond motifs is 1. The molecule has 21 heteroatoms. The first-order valence-electron chi connectivity index (χ1n) is 19.1. The van der Waals surface area contributed by atoms with E-state index in [9.17, 15) is 27.6 Å². The summed E-state index contributed by atoms with van der Waals surface area (Å²) >= 11 is 12.7. The van der Waals surface area contributed by atoms with E-state index in [0.717, 1.165) is 27.2 Å². The fraction of sp³-hybridized carbons (Fsp3) is 0.341. The van der Waals surface area contributed by atoms with Gasteiger partial charge in [-0.15, -0.1) is 0 Å². The van der Waals surface area contributed by atoms with Crippen LogP contribution in [-0.4, -0.2) is 113 Å². The number of ether oxygens (including phenoxy) is 2. The Bertz CT molecular complexity index is 2650. The highest BCUT2D eigenvalue weighted by Crippen LogP contribution is 2.34. The van der Waals surface area contributed by atoms with Crippen LogP contribution in [0.2, 0.25) is 10.0 Å². The molecule has 328 valence electrons. The maximum atomic E-state index is 16.1. The SMILES string of the molecule is CCN(C)S(=O)(=O)Nc1ccc(F)c(C(=O)c2cn(C(=O)c3c(Cl)cccc3Cl)c3ncc(-c4cnc(N5CCC(N(CC(=O)OC)C(=O)OC(C)(C)C)CC5)nc4)cc23)c1F. The summed E-state index contributed by atoms with van der Waals surface area (Å²) < 4.78 is 71.3. The molecule has 0 saturated carbocycles. The van der Waals surface area contributed by atoms with Gasteiger partial charge in [-0.1, -0.05) is 36.2 Å². The molecule has 3 aromatic heterocycles. The van der Waals surface area contributed by atoms with Crippen molar-refractivity contribution in [1.82, 2.24) is 28.7 Å². The molecule has 0 aliphatic carbocycles. The topological polar surface area (TPSA) is 186 Å². The monoisotopic (exact) mass is 914 g/mol. The second-order valence-corrected chi connectivity index (χ2v) is 17.8. The average molecular weight is 916 g/mol. The number of nitrogens with one attached hydrogen (secondary N) is 1. The van der Waals surface area contributed by atoms with Crippen LogP contribution in [0.1, 0.15) is 66.8 Å². The van der Waals surface area contributed by atoms with Gasteiger partial charge in [-0.3, -0.25) is 28.6 Å². The quantitative estimate of drug-likeness (QED) is 0.100. The van der Waals surface area contributed by atoms with Crippen LogP contribution >= 0.6 is 23.2 Å². The van der Waals surface area contributed by atoms with Crippen LogP contribution in [0.25, 0.3) is 22.2 Å². The molecule has 62 heavy (non-hydrogen) atoms. The summed E-state index contributed by atoms with van der Waals surface area (Å²) in [6.07, 6.45) is 5.79. The van der Waals surface area contributed by atoms with Crippen molar-refractivity contribution in [1.29, 1.82) is 0 Å². The number of ketones is 1. The molecule has 0 bridgehead atoms. The number of amides is 1.